The second-order valence-corrected chi connectivity index (χ2v) is 6.27. The summed E-state index contributed by atoms with van der Waals surface area (Å²) in [7, 11) is 1.59. The summed E-state index contributed by atoms with van der Waals surface area (Å²) in [5.74, 6) is 0.879. The molecule has 0 aliphatic carbocycles. The van der Waals surface area contributed by atoms with Gasteiger partial charge in [0.15, 0.2) is 0 Å². The summed E-state index contributed by atoms with van der Waals surface area (Å²) in [6.45, 7) is 3.13. The fourth-order valence-electron chi connectivity index (χ4n) is 3.03. The maximum absolute atomic E-state index is 12.4. The number of pyridine rings is 1. The molecule has 1 fully saturated rings. The second-order valence-electron chi connectivity index (χ2n) is 6.27. The highest BCUT2D eigenvalue weighted by Gasteiger charge is 2.29. The number of nitrogens with zero attached hydrogens (tertiary/aromatic N) is 1. The smallest absolute Gasteiger partial charge is 0.319 e. The van der Waals surface area contributed by atoms with Gasteiger partial charge in [-0.25, -0.2) is 4.79 Å². The van der Waals surface area contributed by atoms with Crippen LogP contribution in [0.25, 0.3) is 0 Å². The standard InChI is InChI=1S/C19H23N3O3/c1-13-3-4-18(24-2)16(9-13)21-19(23)22-17-12-25-11-15(17)10-14-5-7-20-8-6-14/h3-9,15,17H,10-12H2,1-2H3,(H2,21,22,23)/t15-,17+/m1/s1. The van der Waals surface area contributed by atoms with Gasteiger partial charge in [-0.05, 0) is 48.7 Å². The van der Waals surface area contributed by atoms with Crippen molar-refractivity contribution in [3.8, 4) is 5.75 Å². The molecule has 2 amide bonds. The van der Waals surface area contributed by atoms with Crippen LogP contribution in [0.1, 0.15) is 11.1 Å². The van der Waals surface area contributed by atoms with E-state index in [4.69, 9.17) is 9.47 Å². The molecule has 2 aromatic rings. The number of aryl methyl sites for hydroxylation is 1. The Hall–Kier alpha value is -2.60. The Morgan fingerprint density at radius 3 is 2.84 bits per heavy atom. The molecule has 1 aromatic carbocycles. The molecule has 0 radical (unpaired) electrons. The number of urea groups is 1. The fraction of sp³-hybridized carbons (Fsp3) is 0.368. The Balaban J connectivity index is 1.61. The zero-order valence-electron chi connectivity index (χ0n) is 14.5. The fourth-order valence-corrected chi connectivity index (χ4v) is 3.03. The van der Waals surface area contributed by atoms with Gasteiger partial charge in [-0.15, -0.1) is 0 Å². The molecule has 25 heavy (non-hydrogen) atoms. The van der Waals surface area contributed by atoms with E-state index in [-0.39, 0.29) is 18.0 Å². The Labute approximate surface area is 147 Å². The molecule has 0 bridgehead atoms. The third-order valence-electron chi connectivity index (χ3n) is 4.37. The lowest BCUT2D eigenvalue weighted by atomic mass is 9.95. The van der Waals surface area contributed by atoms with Crippen molar-refractivity contribution in [3.05, 3.63) is 53.9 Å². The van der Waals surface area contributed by atoms with Crippen LogP contribution in [0.3, 0.4) is 0 Å². The normalized spacial score (nSPS) is 19.4. The topological polar surface area (TPSA) is 72.5 Å². The van der Waals surface area contributed by atoms with Gasteiger partial charge < -0.3 is 20.1 Å². The molecule has 6 nitrogen and oxygen atoms in total. The number of carbonyl (C=O) groups is 1. The van der Waals surface area contributed by atoms with Crippen LogP contribution in [0.15, 0.2) is 42.7 Å². The van der Waals surface area contributed by atoms with E-state index in [1.807, 2.05) is 37.3 Å². The number of carbonyl (C=O) groups excluding carboxylic acids is 1. The minimum Gasteiger partial charge on any atom is -0.495 e. The molecular formula is C19H23N3O3. The van der Waals surface area contributed by atoms with Crippen LogP contribution >= 0.6 is 0 Å². The highest BCUT2D eigenvalue weighted by Crippen LogP contribution is 2.25. The van der Waals surface area contributed by atoms with Crippen LogP contribution in [0, 0.1) is 12.8 Å². The van der Waals surface area contributed by atoms with Crippen LogP contribution in [-0.2, 0) is 11.2 Å². The first-order valence-corrected chi connectivity index (χ1v) is 8.34. The van der Waals surface area contributed by atoms with E-state index in [0.717, 1.165) is 12.0 Å². The number of amides is 2. The van der Waals surface area contributed by atoms with Gasteiger partial charge in [-0.2, -0.15) is 0 Å². The van der Waals surface area contributed by atoms with Gasteiger partial charge >= 0.3 is 6.03 Å². The first kappa shape index (κ1) is 17.2. The molecular weight excluding hydrogens is 318 g/mol. The van der Waals surface area contributed by atoms with Gasteiger partial charge in [-0.3, -0.25) is 4.98 Å². The number of anilines is 1. The van der Waals surface area contributed by atoms with Crippen molar-refractivity contribution in [1.82, 2.24) is 10.3 Å². The molecule has 1 aromatic heterocycles. The molecule has 2 atom stereocenters. The minimum absolute atomic E-state index is 0.0241. The van der Waals surface area contributed by atoms with Gasteiger partial charge in [-0.1, -0.05) is 6.07 Å². The van der Waals surface area contributed by atoms with Crippen molar-refractivity contribution in [2.24, 2.45) is 5.92 Å². The van der Waals surface area contributed by atoms with Gasteiger partial charge in [0, 0.05) is 18.3 Å². The maximum Gasteiger partial charge on any atom is 0.319 e. The third-order valence-corrected chi connectivity index (χ3v) is 4.37. The van der Waals surface area contributed by atoms with Gasteiger partial charge in [0.05, 0.1) is 32.1 Å². The van der Waals surface area contributed by atoms with Crippen molar-refractivity contribution in [1.29, 1.82) is 0 Å². The highest BCUT2D eigenvalue weighted by atomic mass is 16.5. The number of aromatic nitrogens is 1. The summed E-state index contributed by atoms with van der Waals surface area (Å²) < 4.78 is 10.9. The summed E-state index contributed by atoms with van der Waals surface area (Å²) >= 11 is 0. The predicted molar refractivity (Wildman–Crippen MR) is 95.9 cm³/mol. The van der Waals surface area contributed by atoms with Crippen LogP contribution in [0.4, 0.5) is 10.5 Å². The molecule has 1 aliphatic heterocycles. The number of rotatable bonds is 5. The predicted octanol–water partition coefficient (Wildman–Crippen LogP) is 2.78. The number of nitrogens with one attached hydrogen (secondary N) is 2. The van der Waals surface area contributed by atoms with E-state index in [9.17, 15) is 4.79 Å². The molecule has 1 aliphatic rings. The molecule has 2 N–H and O–H groups in total. The molecule has 132 valence electrons. The Bertz CT molecular complexity index is 721. The van der Waals surface area contributed by atoms with Crippen molar-refractivity contribution in [2.75, 3.05) is 25.6 Å². The van der Waals surface area contributed by atoms with Crippen molar-refractivity contribution in [3.63, 3.8) is 0 Å². The van der Waals surface area contributed by atoms with E-state index in [2.05, 4.69) is 15.6 Å². The van der Waals surface area contributed by atoms with Gasteiger partial charge in [0.1, 0.15) is 5.75 Å². The largest absolute Gasteiger partial charge is 0.495 e. The minimum atomic E-state index is -0.251. The van der Waals surface area contributed by atoms with Crippen molar-refractivity contribution >= 4 is 11.7 Å². The number of methoxy groups -OCH3 is 1. The van der Waals surface area contributed by atoms with Gasteiger partial charge in [0.2, 0.25) is 0 Å². The Kier molecular flexibility index (Phi) is 5.50. The number of benzene rings is 1. The van der Waals surface area contributed by atoms with E-state index in [0.29, 0.717) is 24.7 Å². The van der Waals surface area contributed by atoms with E-state index >= 15 is 0 Å². The molecule has 0 unspecified atom stereocenters. The zero-order chi connectivity index (χ0) is 17.6. The van der Waals surface area contributed by atoms with Crippen LogP contribution < -0.4 is 15.4 Å². The second kappa shape index (κ2) is 7.98. The Morgan fingerprint density at radius 2 is 2.08 bits per heavy atom. The zero-order valence-corrected chi connectivity index (χ0v) is 14.5. The number of ether oxygens (including phenoxy) is 2. The molecule has 3 rings (SSSR count). The molecule has 0 spiro atoms. The van der Waals surface area contributed by atoms with Crippen molar-refractivity contribution in [2.45, 2.75) is 19.4 Å². The van der Waals surface area contributed by atoms with Crippen molar-refractivity contribution < 1.29 is 14.3 Å². The first-order chi connectivity index (χ1) is 12.2. The summed E-state index contributed by atoms with van der Waals surface area (Å²) in [5.41, 5.74) is 2.90. The first-order valence-electron chi connectivity index (χ1n) is 8.34. The quantitative estimate of drug-likeness (QED) is 0.877. The summed E-state index contributed by atoms with van der Waals surface area (Å²) in [6.07, 6.45) is 4.41. The average Bonchev–Trinajstić information content (AvgIpc) is 3.02. The highest BCUT2D eigenvalue weighted by molar-refractivity contribution is 5.91. The lowest BCUT2D eigenvalue weighted by Crippen LogP contribution is -2.42. The van der Waals surface area contributed by atoms with Crippen LogP contribution in [0.2, 0.25) is 0 Å². The monoisotopic (exact) mass is 341 g/mol. The SMILES string of the molecule is COc1ccc(C)cc1NC(=O)N[C@H]1COC[C@H]1Cc1ccncc1. The summed E-state index contributed by atoms with van der Waals surface area (Å²) in [4.78, 5) is 16.4. The lowest BCUT2D eigenvalue weighted by Gasteiger charge is -2.20. The van der Waals surface area contributed by atoms with Crippen LogP contribution in [0.5, 0.6) is 5.75 Å². The number of hydrogen-bond acceptors (Lipinski definition) is 4. The maximum atomic E-state index is 12.4. The molecule has 2 heterocycles. The van der Waals surface area contributed by atoms with Gasteiger partial charge in [0.25, 0.3) is 0 Å². The van der Waals surface area contributed by atoms with Crippen LogP contribution in [-0.4, -0.2) is 37.4 Å². The lowest BCUT2D eigenvalue weighted by molar-refractivity contribution is 0.182. The molecule has 1 saturated heterocycles. The number of hydrogen-bond donors (Lipinski definition) is 2. The van der Waals surface area contributed by atoms with E-state index in [1.165, 1.54) is 5.56 Å². The average molecular weight is 341 g/mol. The summed E-state index contributed by atoms with van der Waals surface area (Å²) in [5, 5.41) is 5.90. The van der Waals surface area contributed by atoms with E-state index in [1.54, 1.807) is 19.5 Å². The van der Waals surface area contributed by atoms with E-state index < -0.39 is 0 Å². The Morgan fingerprint density at radius 1 is 1.28 bits per heavy atom. The summed E-state index contributed by atoms with van der Waals surface area (Å²) in [6, 6.07) is 9.38. The molecule has 0 saturated carbocycles. The third kappa shape index (κ3) is 4.48. The molecule has 6 heteroatoms.